The molecule has 16 heavy (non-hydrogen) atoms. The Labute approximate surface area is 102 Å². The van der Waals surface area contributed by atoms with Gasteiger partial charge in [-0.3, -0.25) is 9.36 Å². The monoisotopic (exact) mass is 252 g/mol. The second-order valence-electron chi connectivity index (χ2n) is 4.39. The van der Waals surface area contributed by atoms with Crippen molar-refractivity contribution >= 4 is 33.8 Å². The average molecular weight is 252 g/mol. The van der Waals surface area contributed by atoms with Gasteiger partial charge >= 0.3 is 0 Å². The van der Waals surface area contributed by atoms with Crippen LogP contribution in [0.15, 0.2) is 10.9 Å². The minimum atomic E-state index is 0.0729. The lowest BCUT2D eigenvalue weighted by Gasteiger charge is -2.04. The van der Waals surface area contributed by atoms with Gasteiger partial charge in [0.1, 0.15) is 4.70 Å². The quantitative estimate of drug-likeness (QED) is 0.835. The molecular weight excluding hydrogens is 240 g/mol. The Morgan fingerprint density at radius 1 is 1.62 bits per heavy atom. The number of hydrogen-bond donors (Lipinski definition) is 1. The van der Waals surface area contributed by atoms with Gasteiger partial charge in [-0.2, -0.15) is 0 Å². The summed E-state index contributed by atoms with van der Waals surface area (Å²) in [6.45, 7) is 2.78. The maximum absolute atomic E-state index is 12.2. The smallest absolute Gasteiger partial charge is 0.272 e. The zero-order valence-corrected chi connectivity index (χ0v) is 10.6. The molecule has 3 nitrogen and oxygen atoms in total. The van der Waals surface area contributed by atoms with E-state index in [1.54, 1.807) is 4.57 Å². The number of thiophene rings is 1. The molecule has 1 aliphatic carbocycles. The van der Waals surface area contributed by atoms with E-state index in [0.29, 0.717) is 10.7 Å². The molecule has 3 rings (SSSR count). The van der Waals surface area contributed by atoms with Crippen LogP contribution in [0.25, 0.3) is 10.2 Å². The summed E-state index contributed by atoms with van der Waals surface area (Å²) in [6, 6.07) is 1.98. The molecule has 0 unspecified atom stereocenters. The van der Waals surface area contributed by atoms with Crippen molar-refractivity contribution in [3.8, 4) is 0 Å². The van der Waals surface area contributed by atoms with Crippen LogP contribution >= 0.6 is 23.6 Å². The number of nitrogens with one attached hydrogen (secondary N) is 1. The third-order valence-corrected chi connectivity index (χ3v) is 4.28. The molecular formula is C11H12N2OS2. The van der Waals surface area contributed by atoms with Crippen molar-refractivity contribution in [2.75, 3.05) is 0 Å². The third-order valence-electron chi connectivity index (χ3n) is 2.92. The summed E-state index contributed by atoms with van der Waals surface area (Å²) in [5, 5.41) is 0. The van der Waals surface area contributed by atoms with Crippen molar-refractivity contribution in [1.29, 1.82) is 0 Å². The summed E-state index contributed by atoms with van der Waals surface area (Å²) in [6.07, 6.45) is 2.45. The van der Waals surface area contributed by atoms with Crippen molar-refractivity contribution in [3.63, 3.8) is 0 Å². The Morgan fingerprint density at radius 3 is 3.06 bits per heavy atom. The minimum Gasteiger partial charge on any atom is -0.331 e. The van der Waals surface area contributed by atoms with Crippen LogP contribution in [0.5, 0.6) is 0 Å². The Morgan fingerprint density at radius 2 is 2.38 bits per heavy atom. The van der Waals surface area contributed by atoms with Gasteiger partial charge in [-0.05, 0) is 44.0 Å². The first kappa shape index (κ1) is 10.2. The highest BCUT2D eigenvalue weighted by molar-refractivity contribution is 7.71. The van der Waals surface area contributed by atoms with E-state index in [9.17, 15) is 4.79 Å². The summed E-state index contributed by atoms with van der Waals surface area (Å²) >= 11 is 6.77. The summed E-state index contributed by atoms with van der Waals surface area (Å²) in [5.41, 5.74) is 0.952. The topological polar surface area (TPSA) is 37.8 Å². The van der Waals surface area contributed by atoms with E-state index in [1.165, 1.54) is 24.2 Å². The molecule has 0 bridgehead atoms. The molecule has 0 saturated heterocycles. The summed E-state index contributed by atoms with van der Waals surface area (Å²) in [7, 11) is 0. The SMILES string of the molecule is Cc1cc2[nH]c(=S)n(CC3CC3)c(=O)c2s1. The molecule has 0 radical (unpaired) electrons. The molecule has 2 heterocycles. The molecule has 2 aromatic heterocycles. The lowest BCUT2D eigenvalue weighted by atomic mass is 10.4. The predicted molar refractivity (Wildman–Crippen MR) is 68.7 cm³/mol. The first-order valence-electron chi connectivity index (χ1n) is 5.38. The maximum Gasteiger partial charge on any atom is 0.272 e. The van der Waals surface area contributed by atoms with Gasteiger partial charge in [0, 0.05) is 11.4 Å². The largest absolute Gasteiger partial charge is 0.331 e. The van der Waals surface area contributed by atoms with Gasteiger partial charge in [0.2, 0.25) is 0 Å². The van der Waals surface area contributed by atoms with E-state index >= 15 is 0 Å². The summed E-state index contributed by atoms with van der Waals surface area (Å²) < 4.78 is 3.07. The fourth-order valence-electron chi connectivity index (χ4n) is 1.89. The van der Waals surface area contributed by atoms with Crippen LogP contribution in [0.2, 0.25) is 0 Å². The van der Waals surface area contributed by atoms with Crippen LogP contribution in [-0.4, -0.2) is 9.55 Å². The van der Waals surface area contributed by atoms with Gasteiger partial charge in [-0.25, -0.2) is 0 Å². The van der Waals surface area contributed by atoms with Crippen LogP contribution in [0.4, 0.5) is 0 Å². The second kappa shape index (κ2) is 3.53. The number of H-pyrrole nitrogens is 1. The van der Waals surface area contributed by atoms with Crippen molar-refractivity contribution in [3.05, 3.63) is 26.1 Å². The summed E-state index contributed by atoms with van der Waals surface area (Å²) in [5.74, 6) is 0.659. The van der Waals surface area contributed by atoms with Crippen LogP contribution in [0.3, 0.4) is 0 Å². The number of fused-ring (bicyclic) bond motifs is 1. The molecule has 1 aliphatic rings. The average Bonchev–Trinajstić information content (AvgIpc) is 2.96. The molecule has 1 saturated carbocycles. The lowest BCUT2D eigenvalue weighted by molar-refractivity contribution is 0.594. The van der Waals surface area contributed by atoms with Crippen molar-refractivity contribution in [2.45, 2.75) is 26.3 Å². The highest BCUT2D eigenvalue weighted by atomic mass is 32.1. The van der Waals surface area contributed by atoms with E-state index in [-0.39, 0.29) is 5.56 Å². The van der Waals surface area contributed by atoms with E-state index in [1.807, 2.05) is 13.0 Å². The van der Waals surface area contributed by atoms with E-state index in [0.717, 1.165) is 21.6 Å². The highest BCUT2D eigenvalue weighted by Crippen LogP contribution is 2.30. The Balaban J connectivity index is 2.26. The number of aromatic amines is 1. The molecule has 5 heteroatoms. The van der Waals surface area contributed by atoms with Crippen LogP contribution in [0.1, 0.15) is 17.7 Å². The maximum atomic E-state index is 12.2. The Bertz CT molecular complexity index is 661. The minimum absolute atomic E-state index is 0.0729. The fraction of sp³-hybridized carbons (Fsp3) is 0.455. The van der Waals surface area contributed by atoms with Gasteiger partial charge in [0.05, 0.1) is 5.52 Å². The van der Waals surface area contributed by atoms with Crippen molar-refractivity contribution < 1.29 is 0 Å². The lowest BCUT2D eigenvalue weighted by Crippen LogP contribution is -2.22. The first-order valence-corrected chi connectivity index (χ1v) is 6.61. The van der Waals surface area contributed by atoms with Gasteiger partial charge in [-0.15, -0.1) is 11.3 Å². The highest BCUT2D eigenvalue weighted by Gasteiger charge is 2.23. The molecule has 0 amide bonds. The number of aryl methyl sites for hydroxylation is 1. The molecule has 2 aromatic rings. The molecule has 0 aliphatic heterocycles. The van der Waals surface area contributed by atoms with E-state index < -0.39 is 0 Å². The molecule has 1 N–H and O–H groups in total. The fourth-order valence-corrected chi connectivity index (χ4v) is 3.07. The third kappa shape index (κ3) is 1.64. The number of nitrogens with zero attached hydrogens (tertiary/aromatic N) is 1. The standard InChI is InChI=1S/C11H12N2OS2/c1-6-4-8-9(16-6)10(14)13(11(15)12-8)5-7-2-3-7/h4,7H,2-3,5H2,1H3,(H,12,15). The molecule has 1 fully saturated rings. The second-order valence-corrected chi connectivity index (χ2v) is 6.03. The molecule has 84 valence electrons. The van der Waals surface area contributed by atoms with Gasteiger partial charge in [-0.1, -0.05) is 0 Å². The van der Waals surface area contributed by atoms with Crippen molar-refractivity contribution in [2.24, 2.45) is 5.92 Å². The number of rotatable bonds is 2. The van der Waals surface area contributed by atoms with Crippen LogP contribution < -0.4 is 5.56 Å². The Kier molecular flexibility index (Phi) is 2.26. The van der Waals surface area contributed by atoms with Crippen molar-refractivity contribution in [1.82, 2.24) is 9.55 Å². The normalized spacial score (nSPS) is 15.8. The van der Waals surface area contributed by atoms with E-state index in [4.69, 9.17) is 12.2 Å². The number of aromatic nitrogens is 2. The van der Waals surface area contributed by atoms with Crippen LogP contribution in [-0.2, 0) is 6.54 Å². The Hall–Kier alpha value is -0.940. The molecule has 0 atom stereocenters. The van der Waals surface area contributed by atoms with E-state index in [2.05, 4.69) is 4.98 Å². The molecule has 0 spiro atoms. The molecule has 0 aromatic carbocycles. The van der Waals surface area contributed by atoms with Gasteiger partial charge in [0.25, 0.3) is 5.56 Å². The number of hydrogen-bond acceptors (Lipinski definition) is 3. The van der Waals surface area contributed by atoms with Crippen LogP contribution in [0, 0.1) is 17.6 Å². The zero-order chi connectivity index (χ0) is 11.3. The van der Waals surface area contributed by atoms with Gasteiger partial charge in [0.15, 0.2) is 4.77 Å². The predicted octanol–water partition coefficient (Wildman–Crippen LogP) is 2.84. The first-order chi connectivity index (χ1) is 7.65. The summed E-state index contributed by atoms with van der Waals surface area (Å²) in [4.78, 5) is 16.5. The zero-order valence-electron chi connectivity index (χ0n) is 8.95. The van der Waals surface area contributed by atoms with Gasteiger partial charge < -0.3 is 4.98 Å².